The molecule has 0 bridgehead atoms. The van der Waals surface area contributed by atoms with Gasteiger partial charge in [-0.3, -0.25) is 4.79 Å². The Morgan fingerprint density at radius 3 is 2.56 bits per heavy atom. The van der Waals surface area contributed by atoms with Gasteiger partial charge >= 0.3 is 5.97 Å². The van der Waals surface area contributed by atoms with Gasteiger partial charge in [-0.05, 0) is 44.5 Å². The Hall–Kier alpha value is -2.02. The van der Waals surface area contributed by atoms with E-state index in [4.69, 9.17) is 9.47 Å². The molecule has 6 nitrogen and oxygen atoms in total. The lowest BCUT2D eigenvalue weighted by Crippen LogP contribution is -2.14. The van der Waals surface area contributed by atoms with Crippen molar-refractivity contribution in [2.24, 2.45) is 0 Å². The Balaban J connectivity index is 2.19. The van der Waals surface area contributed by atoms with E-state index in [0.29, 0.717) is 0 Å². The fourth-order valence-electron chi connectivity index (χ4n) is 2.29. The number of carbonyl (C=O) groups excluding carboxylic acids is 1. The molecule has 0 N–H and O–H groups in total. The highest BCUT2D eigenvalue weighted by Crippen LogP contribution is 2.26. The maximum absolute atomic E-state index is 11.8. The van der Waals surface area contributed by atoms with Crippen molar-refractivity contribution in [1.29, 1.82) is 0 Å². The van der Waals surface area contributed by atoms with E-state index in [-0.39, 0.29) is 17.8 Å². The first-order valence-electron chi connectivity index (χ1n) is 8.45. The molecule has 0 saturated carbocycles. The van der Waals surface area contributed by atoms with Crippen LogP contribution in [0.25, 0.3) is 11.4 Å². The van der Waals surface area contributed by atoms with Crippen LogP contribution >= 0.6 is 11.8 Å². The highest BCUT2D eigenvalue weighted by Gasteiger charge is 2.16. The van der Waals surface area contributed by atoms with Crippen molar-refractivity contribution in [2.75, 3.05) is 12.9 Å². The zero-order chi connectivity index (χ0) is 18.2. The SMILES string of the molecule is CCCCn1c(SCC(=O)OC(C)C)nnc1-c1ccc(OC)cc1. The van der Waals surface area contributed by atoms with Crippen LogP contribution < -0.4 is 4.74 Å². The predicted octanol–water partition coefficient (Wildman–Crippen LogP) is 3.80. The number of carbonyl (C=O) groups is 1. The number of hydrogen-bond acceptors (Lipinski definition) is 6. The monoisotopic (exact) mass is 363 g/mol. The summed E-state index contributed by atoms with van der Waals surface area (Å²) in [5.74, 6) is 1.59. The summed E-state index contributed by atoms with van der Waals surface area (Å²) >= 11 is 1.36. The summed E-state index contributed by atoms with van der Waals surface area (Å²) in [6, 6.07) is 7.74. The number of ether oxygens (including phenoxy) is 2. The third-order valence-electron chi connectivity index (χ3n) is 3.49. The molecule has 1 aromatic heterocycles. The number of thioether (sulfide) groups is 1. The summed E-state index contributed by atoms with van der Waals surface area (Å²) < 4.78 is 12.5. The van der Waals surface area contributed by atoms with E-state index in [0.717, 1.165) is 41.7 Å². The fraction of sp³-hybridized carbons (Fsp3) is 0.500. The number of hydrogen-bond donors (Lipinski definition) is 0. The zero-order valence-corrected chi connectivity index (χ0v) is 16.0. The first kappa shape index (κ1) is 19.3. The van der Waals surface area contributed by atoms with Crippen LogP contribution in [0.2, 0.25) is 0 Å². The number of nitrogens with zero attached hydrogens (tertiary/aromatic N) is 3. The molecular formula is C18H25N3O3S. The zero-order valence-electron chi connectivity index (χ0n) is 15.2. The van der Waals surface area contributed by atoms with E-state index >= 15 is 0 Å². The largest absolute Gasteiger partial charge is 0.497 e. The Kier molecular flexibility index (Phi) is 7.31. The second kappa shape index (κ2) is 9.46. The van der Waals surface area contributed by atoms with E-state index in [1.54, 1.807) is 7.11 Å². The van der Waals surface area contributed by atoms with Crippen LogP contribution in [0.1, 0.15) is 33.6 Å². The van der Waals surface area contributed by atoms with Gasteiger partial charge in [-0.25, -0.2) is 0 Å². The topological polar surface area (TPSA) is 66.2 Å². The lowest BCUT2D eigenvalue weighted by atomic mass is 10.2. The highest BCUT2D eigenvalue weighted by atomic mass is 32.2. The maximum atomic E-state index is 11.8. The van der Waals surface area contributed by atoms with Crippen LogP contribution in [0.4, 0.5) is 0 Å². The minimum atomic E-state index is -0.240. The van der Waals surface area contributed by atoms with E-state index in [9.17, 15) is 4.79 Å². The van der Waals surface area contributed by atoms with Gasteiger partial charge in [-0.1, -0.05) is 25.1 Å². The molecule has 1 aromatic carbocycles. The Labute approximate surface area is 152 Å². The van der Waals surface area contributed by atoms with Gasteiger partial charge in [0.25, 0.3) is 0 Å². The average Bonchev–Trinajstić information content (AvgIpc) is 3.00. The van der Waals surface area contributed by atoms with Crippen LogP contribution in [-0.2, 0) is 16.1 Å². The number of unbranched alkanes of at least 4 members (excludes halogenated alkanes) is 1. The molecule has 136 valence electrons. The molecule has 0 radical (unpaired) electrons. The molecule has 0 saturated heterocycles. The van der Waals surface area contributed by atoms with Gasteiger partial charge in [-0.15, -0.1) is 10.2 Å². The summed E-state index contributed by atoms with van der Waals surface area (Å²) in [5.41, 5.74) is 0.973. The molecule has 25 heavy (non-hydrogen) atoms. The summed E-state index contributed by atoms with van der Waals surface area (Å²) in [6.07, 6.45) is 1.98. The average molecular weight is 363 g/mol. The third kappa shape index (κ3) is 5.49. The van der Waals surface area contributed by atoms with Gasteiger partial charge in [0.05, 0.1) is 19.0 Å². The molecular weight excluding hydrogens is 338 g/mol. The van der Waals surface area contributed by atoms with Gasteiger partial charge in [0.1, 0.15) is 5.75 Å². The highest BCUT2D eigenvalue weighted by molar-refractivity contribution is 7.99. The van der Waals surface area contributed by atoms with Gasteiger partial charge in [-0.2, -0.15) is 0 Å². The second-order valence-corrected chi connectivity index (χ2v) is 6.81. The van der Waals surface area contributed by atoms with Gasteiger partial charge < -0.3 is 14.0 Å². The quantitative estimate of drug-likeness (QED) is 0.499. The van der Waals surface area contributed by atoms with Crippen molar-refractivity contribution in [1.82, 2.24) is 14.8 Å². The lowest BCUT2D eigenvalue weighted by molar-refractivity contribution is -0.144. The molecule has 0 atom stereocenters. The summed E-state index contributed by atoms with van der Waals surface area (Å²) in [5, 5.41) is 9.34. The molecule has 0 amide bonds. The summed E-state index contributed by atoms with van der Waals surface area (Å²) in [4.78, 5) is 11.8. The van der Waals surface area contributed by atoms with Gasteiger partial charge in [0, 0.05) is 12.1 Å². The Morgan fingerprint density at radius 2 is 1.96 bits per heavy atom. The normalized spacial score (nSPS) is 10.9. The number of aromatic nitrogens is 3. The van der Waals surface area contributed by atoms with Crippen molar-refractivity contribution in [3.05, 3.63) is 24.3 Å². The Morgan fingerprint density at radius 1 is 1.24 bits per heavy atom. The van der Waals surface area contributed by atoms with E-state index in [2.05, 4.69) is 21.7 Å². The number of methoxy groups -OCH3 is 1. The first-order valence-corrected chi connectivity index (χ1v) is 9.43. The first-order chi connectivity index (χ1) is 12.0. The minimum Gasteiger partial charge on any atom is -0.497 e. The van der Waals surface area contributed by atoms with Crippen molar-refractivity contribution >= 4 is 17.7 Å². The predicted molar refractivity (Wildman–Crippen MR) is 98.9 cm³/mol. The van der Waals surface area contributed by atoms with Crippen molar-refractivity contribution in [2.45, 2.75) is 51.4 Å². The minimum absolute atomic E-state index is 0.110. The fourth-order valence-corrected chi connectivity index (χ4v) is 3.03. The number of benzene rings is 1. The third-order valence-corrected chi connectivity index (χ3v) is 4.43. The summed E-state index contributed by atoms with van der Waals surface area (Å²) in [7, 11) is 1.64. The molecule has 0 unspecified atom stereocenters. The summed E-state index contributed by atoms with van der Waals surface area (Å²) in [6.45, 7) is 6.64. The van der Waals surface area contributed by atoms with Crippen LogP contribution in [0, 0.1) is 0 Å². The van der Waals surface area contributed by atoms with Crippen LogP contribution in [-0.4, -0.2) is 39.7 Å². The van der Waals surface area contributed by atoms with E-state index < -0.39 is 0 Å². The molecule has 0 aliphatic carbocycles. The van der Waals surface area contributed by atoms with Crippen molar-refractivity contribution in [3.63, 3.8) is 0 Å². The van der Waals surface area contributed by atoms with Gasteiger partial charge in [0.2, 0.25) is 0 Å². The molecule has 2 aromatic rings. The molecule has 0 fully saturated rings. The molecule has 0 aliphatic heterocycles. The molecule has 7 heteroatoms. The van der Waals surface area contributed by atoms with Gasteiger partial charge in [0.15, 0.2) is 11.0 Å². The standard InChI is InChI=1S/C18H25N3O3S/c1-5-6-11-21-17(14-7-9-15(23-4)10-8-14)19-20-18(21)25-12-16(22)24-13(2)3/h7-10,13H,5-6,11-12H2,1-4H3. The molecule has 1 heterocycles. The van der Waals surface area contributed by atoms with Crippen molar-refractivity contribution < 1.29 is 14.3 Å². The van der Waals surface area contributed by atoms with Crippen LogP contribution in [0.15, 0.2) is 29.4 Å². The maximum Gasteiger partial charge on any atom is 0.316 e. The number of rotatable bonds is 9. The molecule has 0 spiro atoms. The Bertz CT molecular complexity index is 683. The molecule has 2 rings (SSSR count). The van der Waals surface area contributed by atoms with Crippen LogP contribution in [0.5, 0.6) is 5.75 Å². The molecule has 0 aliphatic rings. The van der Waals surface area contributed by atoms with E-state index in [1.165, 1.54) is 11.8 Å². The second-order valence-electron chi connectivity index (χ2n) is 5.87. The lowest BCUT2D eigenvalue weighted by Gasteiger charge is -2.10. The smallest absolute Gasteiger partial charge is 0.316 e. The van der Waals surface area contributed by atoms with Crippen molar-refractivity contribution in [3.8, 4) is 17.1 Å². The number of esters is 1. The van der Waals surface area contributed by atoms with Crippen LogP contribution in [0.3, 0.4) is 0 Å². The van der Waals surface area contributed by atoms with E-state index in [1.807, 2.05) is 38.1 Å².